The van der Waals surface area contributed by atoms with Crippen LogP contribution in [0.15, 0.2) is 16.9 Å². The van der Waals surface area contributed by atoms with Crippen LogP contribution in [0.5, 0.6) is 0 Å². The highest BCUT2D eigenvalue weighted by Crippen LogP contribution is 2.26. The average Bonchev–Trinajstić information content (AvgIpc) is 2.16. The van der Waals surface area contributed by atoms with Crippen LogP contribution in [0.3, 0.4) is 0 Å². The Balaban J connectivity index is 3.11. The molecule has 16 heavy (non-hydrogen) atoms. The molecule has 1 rings (SSSR count). The largest absolute Gasteiger partial charge is 0.431 e. The Labute approximate surface area is 89.3 Å². The van der Waals surface area contributed by atoms with Gasteiger partial charge < -0.3 is 10.3 Å². The lowest BCUT2D eigenvalue weighted by molar-refractivity contribution is -0.141. The van der Waals surface area contributed by atoms with Crippen molar-refractivity contribution in [2.24, 2.45) is 0 Å². The van der Waals surface area contributed by atoms with Gasteiger partial charge in [0.2, 0.25) is 0 Å². The summed E-state index contributed by atoms with van der Waals surface area (Å²) in [5, 5.41) is 2.32. The number of rotatable bonds is 2. The van der Waals surface area contributed by atoms with E-state index in [0.717, 1.165) is 6.07 Å². The van der Waals surface area contributed by atoms with Gasteiger partial charge in [-0.3, -0.25) is 9.59 Å². The number of pyridine rings is 1. The number of hydrogen-bond donors (Lipinski definition) is 2. The molecule has 2 N–H and O–H groups in total. The van der Waals surface area contributed by atoms with Gasteiger partial charge >= 0.3 is 6.18 Å². The van der Waals surface area contributed by atoms with Gasteiger partial charge in [-0.2, -0.15) is 13.2 Å². The lowest BCUT2D eigenvalue weighted by Gasteiger charge is -2.07. The number of H-pyrrole nitrogens is 1. The monoisotopic (exact) mass is 232 g/mol. The van der Waals surface area contributed by atoms with Crippen molar-refractivity contribution < 1.29 is 18.0 Å². The average molecular weight is 232 g/mol. The zero-order valence-corrected chi connectivity index (χ0v) is 8.31. The molecule has 0 saturated heterocycles. The molecule has 0 fully saturated rings. The normalized spacial score (nSPS) is 11.2. The molecule has 0 atom stereocenters. The molecule has 8 heteroatoms. The zero-order valence-electron chi connectivity index (χ0n) is 8.31. The van der Waals surface area contributed by atoms with E-state index in [4.69, 9.17) is 0 Å². The minimum atomic E-state index is -4.63. The number of aromatic nitrogens is 1. The number of halogens is 3. The number of amides is 1. The maximum absolute atomic E-state index is 12.2. The van der Waals surface area contributed by atoms with Crippen molar-refractivity contribution in [3.8, 4) is 0 Å². The van der Waals surface area contributed by atoms with Gasteiger partial charge in [0.15, 0.2) is 0 Å². The molecule has 4 nitrogen and oxygen atoms in total. The first-order chi connectivity index (χ1) is 7.36. The number of carbonyl (C=O) groups excluding carboxylic acids is 1. The second-order valence-corrected chi connectivity index (χ2v) is 2.97. The maximum atomic E-state index is 12.2. The second-order valence-electron chi connectivity index (χ2n) is 2.97. The molecule has 0 aliphatic carbocycles. The number of carbonyl (C=O) groups is 1. The summed E-state index contributed by atoms with van der Waals surface area (Å²) in [6, 6.07) is 1.51. The van der Waals surface area contributed by atoms with Gasteiger partial charge in [-0.25, -0.2) is 0 Å². The predicted molar refractivity (Wildman–Crippen MR) is 52.9 cm³/mol. The second kappa shape index (κ2) is 4.42. The van der Waals surface area contributed by atoms with Crippen molar-refractivity contribution in [3.63, 3.8) is 0 Å². The summed E-state index contributed by atoms with van der Waals surface area (Å²) in [7, 11) is 1.64. The number of hydrogen-bond acceptors (Lipinski definition) is 2. The van der Waals surface area contributed by atoms with Gasteiger partial charge in [0.25, 0.3) is 11.5 Å². The molecule has 0 spiro atoms. The van der Waals surface area contributed by atoms with E-state index in [1.807, 2.05) is 0 Å². The third-order valence-corrected chi connectivity index (χ3v) is 1.80. The Kier molecular flexibility index (Phi) is 3.41. The highest BCUT2D eigenvalue weighted by molar-refractivity contribution is 6.11. The Bertz CT molecular complexity index is 455. The molecular weight excluding hydrogens is 224 g/mol. The molecule has 0 aromatic carbocycles. The molecule has 0 aliphatic heterocycles. The summed E-state index contributed by atoms with van der Waals surface area (Å²) in [5.74, 6) is -0.697. The quantitative estimate of drug-likeness (QED) is 0.688. The fourth-order valence-corrected chi connectivity index (χ4v) is 1.07. The summed E-state index contributed by atoms with van der Waals surface area (Å²) in [5.41, 5.74) is -2.57. The minimum absolute atomic E-state index is 0.291. The fraction of sp³-hybridized carbons (Fsp3) is 0.250. The van der Waals surface area contributed by atoms with Crippen molar-refractivity contribution in [2.45, 2.75) is 6.18 Å². The van der Waals surface area contributed by atoms with E-state index < -0.39 is 23.3 Å². The van der Waals surface area contributed by atoms with Crippen molar-refractivity contribution in [1.29, 1.82) is 0 Å². The standard InChI is InChI=1S/C8H8BF3N2O2/c9-3-13-6(15)4-1-2-5(8(10,11)12)14-7(4)16/h1-2H,3,9H2,(H,13,15)(H,14,16). The van der Waals surface area contributed by atoms with Gasteiger partial charge in [-0.1, -0.05) is 0 Å². The summed E-state index contributed by atoms with van der Waals surface area (Å²) in [6.07, 6.45) is -4.34. The van der Waals surface area contributed by atoms with Crippen LogP contribution in [0, 0.1) is 0 Å². The van der Waals surface area contributed by atoms with Gasteiger partial charge in [0.05, 0.1) is 0 Å². The topological polar surface area (TPSA) is 62.0 Å². The van der Waals surface area contributed by atoms with E-state index in [2.05, 4.69) is 5.32 Å². The Morgan fingerprint density at radius 3 is 2.50 bits per heavy atom. The summed E-state index contributed by atoms with van der Waals surface area (Å²) in [6.45, 7) is 0. The van der Waals surface area contributed by atoms with E-state index in [0.29, 0.717) is 12.5 Å². The molecule has 0 aliphatic rings. The summed E-state index contributed by atoms with van der Waals surface area (Å²) >= 11 is 0. The maximum Gasteiger partial charge on any atom is 0.431 e. The van der Waals surface area contributed by atoms with Crippen molar-refractivity contribution in [2.75, 3.05) is 6.44 Å². The Morgan fingerprint density at radius 2 is 2.06 bits per heavy atom. The van der Waals surface area contributed by atoms with Crippen LogP contribution in [0.25, 0.3) is 0 Å². The zero-order chi connectivity index (χ0) is 12.3. The van der Waals surface area contributed by atoms with E-state index in [-0.39, 0.29) is 5.56 Å². The Morgan fingerprint density at radius 1 is 1.44 bits per heavy atom. The number of aromatic amines is 1. The first kappa shape index (κ1) is 12.3. The minimum Gasteiger partial charge on any atom is -0.360 e. The highest BCUT2D eigenvalue weighted by Gasteiger charge is 2.32. The smallest absolute Gasteiger partial charge is 0.360 e. The SMILES string of the molecule is BCNC(=O)c1ccc(C(F)(F)F)[nH]c1=O. The molecule has 1 heterocycles. The van der Waals surface area contributed by atoms with Crippen LogP contribution in [0.4, 0.5) is 13.2 Å². The van der Waals surface area contributed by atoms with Crippen LogP contribution < -0.4 is 10.9 Å². The van der Waals surface area contributed by atoms with Crippen LogP contribution in [-0.2, 0) is 6.18 Å². The third-order valence-electron chi connectivity index (χ3n) is 1.80. The van der Waals surface area contributed by atoms with Crippen molar-refractivity contribution in [1.82, 2.24) is 10.3 Å². The molecular formula is C8H8BF3N2O2. The molecule has 0 radical (unpaired) electrons. The van der Waals surface area contributed by atoms with Crippen LogP contribution in [0.2, 0.25) is 0 Å². The highest BCUT2D eigenvalue weighted by atomic mass is 19.4. The Hall–Kier alpha value is -1.73. The number of nitrogens with one attached hydrogen (secondary N) is 2. The van der Waals surface area contributed by atoms with Gasteiger partial charge in [-0.05, 0) is 18.6 Å². The van der Waals surface area contributed by atoms with Crippen molar-refractivity contribution >= 4 is 13.8 Å². The number of alkyl halides is 3. The molecule has 0 bridgehead atoms. The van der Waals surface area contributed by atoms with Gasteiger partial charge in [0, 0.05) is 0 Å². The molecule has 1 aromatic heterocycles. The molecule has 86 valence electrons. The summed E-state index contributed by atoms with van der Waals surface area (Å²) in [4.78, 5) is 24.0. The molecule has 0 unspecified atom stereocenters. The van der Waals surface area contributed by atoms with Gasteiger partial charge in [0.1, 0.15) is 19.1 Å². The predicted octanol–water partition coefficient (Wildman–Crippen LogP) is -0.286. The van der Waals surface area contributed by atoms with Crippen molar-refractivity contribution in [3.05, 3.63) is 33.7 Å². The summed E-state index contributed by atoms with van der Waals surface area (Å²) < 4.78 is 36.5. The van der Waals surface area contributed by atoms with Gasteiger partial charge in [-0.15, -0.1) is 0 Å². The van der Waals surface area contributed by atoms with Crippen LogP contribution in [-0.4, -0.2) is 25.2 Å². The molecule has 0 saturated carbocycles. The first-order valence-corrected chi connectivity index (χ1v) is 4.45. The lowest BCUT2D eigenvalue weighted by Crippen LogP contribution is -2.31. The van der Waals surface area contributed by atoms with E-state index >= 15 is 0 Å². The van der Waals surface area contributed by atoms with Crippen LogP contribution in [0.1, 0.15) is 16.1 Å². The van der Waals surface area contributed by atoms with E-state index in [1.165, 1.54) is 0 Å². The molecule has 1 amide bonds. The van der Waals surface area contributed by atoms with Crippen LogP contribution >= 0.6 is 0 Å². The molecule has 1 aromatic rings. The fourth-order valence-electron chi connectivity index (χ4n) is 1.07. The first-order valence-electron chi connectivity index (χ1n) is 4.45. The lowest BCUT2D eigenvalue weighted by atomic mass is 10.1. The third kappa shape index (κ3) is 2.65. The van der Waals surface area contributed by atoms with E-state index in [9.17, 15) is 22.8 Å². The van der Waals surface area contributed by atoms with E-state index in [1.54, 1.807) is 12.8 Å².